The predicted molar refractivity (Wildman–Crippen MR) is 90.2 cm³/mol. The van der Waals surface area contributed by atoms with E-state index in [4.69, 9.17) is 16.0 Å². The minimum Gasteiger partial charge on any atom is -0.460 e. The van der Waals surface area contributed by atoms with Crippen molar-refractivity contribution in [1.82, 2.24) is 4.68 Å². The maximum Gasteiger partial charge on any atom is 0.211 e. The number of para-hydroxylation sites is 1. The molecule has 4 nitrogen and oxygen atoms in total. The normalized spacial score (nSPS) is 12.4. The first-order valence-electron chi connectivity index (χ1n) is 6.71. The van der Waals surface area contributed by atoms with E-state index in [9.17, 15) is 0 Å². The Morgan fingerprint density at radius 3 is 2.73 bits per heavy atom. The van der Waals surface area contributed by atoms with E-state index in [-0.39, 0.29) is 0 Å². The van der Waals surface area contributed by atoms with Crippen LogP contribution in [0.5, 0.6) is 0 Å². The zero-order valence-corrected chi connectivity index (χ0v) is 13.7. The SMILES string of the molecule is Cc1ccc(C=Nn2c(C)csc2=Nc2ccccc2Cl)o1. The summed E-state index contributed by atoms with van der Waals surface area (Å²) in [5.74, 6) is 1.56. The van der Waals surface area contributed by atoms with Crippen molar-refractivity contribution in [3.63, 3.8) is 0 Å². The monoisotopic (exact) mass is 331 g/mol. The van der Waals surface area contributed by atoms with E-state index < -0.39 is 0 Å². The van der Waals surface area contributed by atoms with Crippen molar-refractivity contribution < 1.29 is 4.42 Å². The number of hydrogen-bond donors (Lipinski definition) is 0. The van der Waals surface area contributed by atoms with Crippen LogP contribution in [0.25, 0.3) is 0 Å². The van der Waals surface area contributed by atoms with Crippen LogP contribution in [0.15, 0.2) is 56.3 Å². The minimum atomic E-state index is 0.616. The Morgan fingerprint density at radius 2 is 2.00 bits per heavy atom. The van der Waals surface area contributed by atoms with Gasteiger partial charge in [0.25, 0.3) is 0 Å². The van der Waals surface area contributed by atoms with E-state index in [1.165, 1.54) is 11.3 Å². The first-order chi connectivity index (χ1) is 10.6. The fourth-order valence-electron chi connectivity index (χ4n) is 1.89. The summed E-state index contributed by atoms with van der Waals surface area (Å²) in [6, 6.07) is 11.3. The molecule has 1 aromatic carbocycles. The molecule has 3 rings (SSSR count). The summed E-state index contributed by atoms with van der Waals surface area (Å²) >= 11 is 7.67. The Balaban J connectivity index is 2.01. The van der Waals surface area contributed by atoms with Crippen molar-refractivity contribution in [1.29, 1.82) is 0 Å². The van der Waals surface area contributed by atoms with Crippen LogP contribution in [0.1, 0.15) is 17.2 Å². The molecular weight excluding hydrogens is 318 g/mol. The standard InChI is InChI=1S/C16H14ClN3OS/c1-11-10-22-16(19-15-6-4-3-5-14(15)17)20(11)18-9-13-8-7-12(2)21-13/h3-10H,1-2H3. The number of halogens is 1. The van der Waals surface area contributed by atoms with Crippen molar-refractivity contribution in [3.05, 3.63) is 68.8 Å². The molecule has 2 aromatic heterocycles. The van der Waals surface area contributed by atoms with Gasteiger partial charge in [0.15, 0.2) is 0 Å². The number of furan rings is 1. The maximum absolute atomic E-state index is 6.16. The van der Waals surface area contributed by atoms with Crippen molar-refractivity contribution in [2.75, 3.05) is 0 Å². The number of rotatable bonds is 3. The van der Waals surface area contributed by atoms with Crippen LogP contribution in [0.2, 0.25) is 5.02 Å². The van der Waals surface area contributed by atoms with E-state index in [0.717, 1.165) is 21.9 Å². The van der Waals surface area contributed by atoms with Crippen molar-refractivity contribution in [3.8, 4) is 0 Å². The predicted octanol–water partition coefficient (Wildman–Crippen LogP) is 4.53. The zero-order chi connectivity index (χ0) is 15.5. The Hall–Kier alpha value is -2.11. The quantitative estimate of drug-likeness (QED) is 0.650. The van der Waals surface area contributed by atoms with Crippen LogP contribution in [-0.2, 0) is 0 Å². The number of hydrogen-bond acceptors (Lipinski definition) is 4. The highest BCUT2D eigenvalue weighted by atomic mass is 35.5. The Kier molecular flexibility index (Phi) is 4.27. The molecule has 0 spiro atoms. The largest absolute Gasteiger partial charge is 0.460 e. The van der Waals surface area contributed by atoms with Crippen LogP contribution in [0.4, 0.5) is 5.69 Å². The summed E-state index contributed by atoms with van der Waals surface area (Å²) in [6.45, 7) is 3.88. The number of thiazole rings is 1. The molecule has 0 saturated carbocycles. The average molecular weight is 332 g/mol. The third kappa shape index (κ3) is 3.21. The maximum atomic E-state index is 6.16. The molecule has 0 amide bonds. The van der Waals surface area contributed by atoms with Gasteiger partial charge in [-0.15, -0.1) is 11.3 Å². The molecule has 0 bridgehead atoms. The molecule has 0 aliphatic rings. The van der Waals surface area contributed by atoms with Crippen LogP contribution in [0.3, 0.4) is 0 Å². The van der Waals surface area contributed by atoms with Gasteiger partial charge >= 0.3 is 0 Å². The molecule has 0 unspecified atom stereocenters. The van der Waals surface area contributed by atoms with Crippen LogP contribution in [0, 0.1) is 13.8 Å². The molecule has 3 aromatic rings. The number of aryl methyl sites for hydroxylation is 2. The lowest BCUT2D eigenvalue weighted by Gasteiger charge is -1.98. The topological polar surface area (TPSA) is 42.8 Å². The molecular formula is C16H14ClN3OS. The third-order valence-electron chi connectivity index (χ3n) is 2.98. The summed E-state index contributed by atoms with van der Waals surface area (Å²) in [4.78, 5) is 5.34. The molecule has 6 heteroatoms. The second kappa shape index (κ2) is 6.34. The van der Waals surface area contributed by atoms with Gasteiger partial charge in [0, 0.05) is 5.38 Å². The molecule has 0 aliphatic heterocycles. The molecule has 112 valence electrons. The van der Waals surface area contributed by atoms with Gasteiger partial charge < -0.3 is 4.42 Å². The fraction of sp³-hybridized carbons (Fsp3) is 0.125. The Morgan fingerprint density at radius 1 is 1.18 bits per heavy atom. The van der Waals surface area contributed by atoms with Gasteiger partial charge in [-0.3, -0.25) is 0 Å². The number of aromatic nitrogens is 1. The second-order valence-electron chi connectivity index (χ2n) is 4.73. The lowest BCUT2D eigenvalue weighted by atomic mass is 10.3. The van der Waals surface area contributed by atoms with E-state index in [1.807, 2.05) is 55.6 Å². The van der Waals surface area contributed by atoms with E-state index in [1.54, 1.807) is 10.9 Å². The van der Waals surface area contributed by atoms with E-state index in [0.29, 0.717) is 10.8 Å². The summed E-state index contributed by atoms with van der Waals surface area (Å²) in [7, 11) is 0. The third-order valence-corrected chi connectivity index (χ3v) is 4.23. The first-order valence-corrected chi connectivity index (χ1v) is 7.96. The highest BCUT2D eigenvalue weighted by Crippen LogP contribution is 2.23. The Labute approximate surface area is 137 Å². The molecule has 0 radical (unpaired) electrons. The van der Waals surface area contributed by atoms with Gasteiger partial charge in [0.2, 0.25) is 4.80 Å². The van der Waals surface area contributed by atoms with Crippen molar-refractivity contribution in [2.24, 2.45) is 10.1 Å². The average Bonchev–Trinajstić information content (AvgIpc) is 3.06. The number of nitrogens with zero attached hydrogens (tertiary/aromatic N) is 3. The first kappa shape index (κ1) is 14.8. The lowest BCUT2D eigenvalue weighted by Crippen LogP contribution is -2.11. The van der Waals surface area contributed by atoms with Gasteiger partial charge in [-0.2, -0.15) is 5.10 Å². The second-order valence-corrected chi connectivity index (χ2v) is 5.97. The molecule has 0 aliphatic carbocycles. The highest BCUT2D eigenvalue weighted by molar-refractivity contribution is 7.07. The highest BCUT2D eigenvalue weighted by Gasteiger charge is 2.02. The fourth-order valence-corrected chi connectivity index (χ4v) is 2.88. The van der Waals surface area contributed by atoms with Crippen LogP contribution in [-0.4, -0.2) is 10.9 Å². The van der Waals surface area contributed by atoms with Gasteiger partial charge in [0.1, 0.15) is 11.5 Å². The summed E-state index contributed by atoms with van der Waals surface area (Å²) < 4.78 is 7.26. The Bertz CT molecular complexity index is 889. The van der Waals surface area contributed by atoms with Crippen LogP contribution >= 0.6 is 22.9 Å². The summed E-state index contributed by atoms with van der Waals surface area (Å²) in [5, 5.41) is 7.06. The van der Waals surface area contributed by atoms with Gasteiger partial charge in [-0.25, -0.2) is 9.67 Å². The summed E-state index contributed by atoms with van der Waals surface area (Å²) in [5.41, 5.74) is 1.72. The van der Waals surface area contributed by atoms with E-state index in [2.05, 4.69) is 10.1 Å². The molecule has 0 N–H and O–H groups in total. The molecule has 22 heavy (non-hydrogen) atoms. The van der Waals surface area contributed by atoms with Crippen molar-refractivity contribution >= 4 is 34.8 Å². The smallest absolute Gasteiger partial charge is 0.211 e. The molecule has 2 heterocycles. The molecule has 0 atom stereocenters. The molecule has 0 fully saturated rings. The van der Waals surface area contributed by atoms with Crippen LogP contribution < -0.4 is 4.80 Å². The number of benzene rings is 1. The zero-order valence-electron chi connectivity index (χ0n) is 12.2. The minimum absolute atomic E-state index is 0.616. The van der Waals surface area contributed by atoms with Gasteiger partial charge in [-0.1, -0.05) is 23.7 Å². The van der Waals surface area contributed by atoms with Gasteiger partial charge in [0.05, 0.1) is 22.6 Å². The molecule has 0 saturated heterocycles. The lowest BCUT2D eigenvalue weighted by molar-refractivity contribution is 0.527. The summed E-state index contributed by atoms with van der Waals surface area (Å²) in [6.07, 6.45) is 1.68. The van der Waals surface area contributed by atoms with Gasteiger partial charge in [-0.05, 0) is 38.1 Å². The van der Waals surface area contributed by atoms with Crippen molar-refractivity contribution in [2.45, 2.75) is 13.8 Å². The van der Waals surface area contributed by atoms with E-state index >= 15 is 0 Å².